The van der Waals surface area contributed by atoms with Crippen LogP contribution in [0.1, 0.15) is 51.0 Å². The van der Waals surface area contributed by atoms with E-state index in [1.165, 1.54) is 11.5 Å². The number of unbranched alkanes of at least 4 members (excludes halogenated alkanes) is 3. The molecule has 2 aromatic carbocycles. The number of esters is 1. The van der Waals surface area contributed by atoms with Crippen LogP contribution in [0.15, 0.2) is 53.7 Å². The molecule has 11 heteroatoms. The number of benzene rings is 2. The Morgan fingerprint density at radius 2 is 1.89 bits per heavy atom. The molecule has 0 amide bonds. The molecule has 0 atom stereocenters. The summed E-state index contributed by atoms with van der Waals surface area (Å²) in [5, 5.41) is 4.96. The number of aryl methyl sites for hydroxylation is 1. The Bertz CT molecular complexity index is 1430. The van der Waals surface area contributed by atoms with E-state index in [4.69, 9.17) is 4.74 Å². The van der Waals surface area contributed by atoms with Gasteiger partial charge in [0.05, 0.1) is 11.5 Å². The molecule has 0 spiro atoms. The fourth-order valence-corrected chi connectivity index (χ4v) is 6.52. The van der Waals surface area contributed by atoms with Crippen LogP contribution in [-0.4, -0.2) is 47.8 Å². The quantitative estimate of drug-likeness (QED) is 0.164. The Morgan fingerprint density at radius 1 is 1.05 bits per heavy atom. The second kappa shape index (κ2) is 13.0. The van der Waals surface area contributed by atoms with Crippen LogP contribution in [0, 0.1) is 0 Å². The molecule has 2 N–H and O–H groups in total. The molecule has 0 saturated carbocycles. The van der Waals surface area contributed by atoms with E-state index in [1.54, 1.807) is 13.1 Å². The summed E-state index contributed by atoms with van der Waals surface area (Å²) in [6, 6.07) is 11.5. The van der Waals surface area contributed by atoms with E-state index < -0.39 is 10.0 Å². The topological polar surface area (TPSA) is 115 Å². The van der Waals surface area contributed by atoms with Crippen molar-refractivity contribution >= 4 is 49.2 Å². The molecule has 0 unspecified atom stereocenters. The van der Waals surface area contributed by atoms with Crippen LogP contribution in [0.4, 0.5) is 5.95 Å². The lowest BCUT2D eigenvalue weighted by Crippen LogP contribution is -2.26. The van der Waals surface area contributed by atoms with Crippen molar-refractivity contribution in [2.45, 2.75) is 56.8 Å². The van der Waals surface area contributed by atoms with E-state index in [0.717, 1.165) is 59.5 Å². The second-order valence-corrected chi connectivity index (χ2v) is 11.2. The largest absolute Gasteiger partial charge is 0.466 e. The molecule has 0 bridgehead atoms. The van der Waals surface area contributed by atoms with Gasteiger partial charge in [-0.15, -0.1) is 0 Å². The number of aromatic nitrogens is 3. The normalized spacial score (nSPS) is 11.8. The molecule has 37 heavy (non-hydrogen) atoms. The van der Waals surface area contributed by atoms with Crippen LogP contribution in [0.2, 0.25) is 0 Å². The lowest BCUT2D eigenvalue weighted by Gasteiger charge is -2.15. The molecular formula is C26H33N5O4S2. The summed E-state index contributed by atoms with van der Waals surface area (Å²) in [4.78, 5) is 17.0. The van der Waals surface area contributed by atoms with Crippen molar-refractivity contribution in [3.63, 3.8) is 0 Å². The van der Waals surface area contributed by atoms with Crippen molar-refractivity contribution in [3.8, 4) is 0 Å². The molecule has 0 fully saturated rings. The molecule has 4 rings (SSSR count). The Labute approximate surface area is 221 Å². The van der Waals surface area contributed by atoms with Crippen LogP contribution < -0.4 is 10.0 Å². The summed E-state index contributed by atoms with van der Waals surface area (Å²) in [6.07, 6.45) is 8.84. The average Bonchev–Trinajstić information content (AvgIpc) is 3.51. The fourth-order valence-electron chi connectivity index (χ4n) is 4.31. The van der Waals surface area contributed by atoms with E-state index >= 15 is 0 Å². The number of ether oxygens (including phenoxy) is 1. The van der Waals surface area contributed by atoms with Gasteiger partial charge in [-0.2, -0.15) is 4.37 Å². The van der Waals surface area contributed by atoms with Gasteiger partial charge in [0.1, 0.15) is 0 Å². The molecule has 4 aromatic rings. The number of nitrogens with one attached hydrogen (secondary N) is 2. The molecule has 2 heterocycles. The maximum atomic E-state index is 13.4. The van der Waals surface area contributed by atoms with E-state index in [9.17, 15) is 13.2 Å². The van der Waals surface area contributed by atoms with Crippen molar-refractivity contribution < 1.29 is 17.9 Å². The first-order valence-electron chi connectivity index (χ1n) is 12.7. The highest BCUT2D eigenvalue weighted by Gasteiger charge is 2.21. The first-order valence-corrected chi connectivity index (χ1v) is 14.9. The van der Waals surface area contributed by atoms with Gasteiger partial charge in [-0.1, -0.05) is 49.2 Å². The number of carbonyl (C=O) groups excluding carboxylic acids is 1. The number of sulfonamides is 1. The Morgan fingerprint density at radius 3 is 2.76 bits per heavy atom. The van der Waals surface area contributed by atoms with Gasteiger partial charge < -0.3 is 10.1 Å². The third-order valence-corrected chi connectivity index (χ3v) is 8.42. The number of anilines is 1. The summed E-state index contributed by atoms with van der Waals surface area (Å²) in [7, 11) is -3.74. The fraction of sp³-hybridized carbons (Fsp3) is 0.423. The number of fused-ring (bicyclic) bond motifs is 2. The Kier molecular flexibility index (Phi) is 9.48. The van der Waals surface area contributed by atoms with Gasteiger partial charge in [-0.25, -0.2) is 18.1 Å². The number of hydrogen-bond donors (Lipinski definition) is 2. The highest BCUT2D eigenvalue weighted by atomic mass is 32.2. The van der Waals surface area contributed by atoms with Gasteiger partial charge in [0, 0.05) is 48.8 Å². The third kappa shape index (κ3) is 7.06. The maximum absolute atomic E-state index is 13.4. The predicted molar refractivity (Wildman–Crippen MR) is 147 cm³/mol. The van der Waals surface area contributed by atoms with Gasteiger partial charge in [0.2, 0.25) is 20.9 Å². The van der Waals surface area contributed by atoms with E-state index in [0.29, 0.717) is 24.3 Å². The number of rotatable bonds is 15. The van der Waals surface area contributed by atoms with Crippen LogP contribution in [0.3, 0.4) is 0 Å². The van der Waals surface area contributed by atoms with E-state index in [-0.39, 0.29) is 18.9 Å². The SMILES string of the molecule is CCOC(=O)CCCNS(=O)(=O)c1c(CCCCCCNc2nsc3nccn23)ccc2ccccc12. The van der Waals surface area contributed by atoms with E-state index in [2.05, 4.69) is 19.4 Å². The number of carbonyl (C=O) groups is 1. The minimum atomic E-state index is -3.74. The summed E-state index contributed by atoms with van der Waals surface area (Å²) in [6.45, 7) is 3.07. The smallest absolute Gasteiger partial charge is 0.305 e. The van der Waals surface area contributed by atoms with Gasteiger partial charge in [-0.3, -0.25) is 9.20 Å². The molecule has 0 saturated heterocycles. The summed E-state index contributed by atoms with van der Waals surface area (Å²) < 4.78 is 40.6. The Hall–Kier alpha value is -3.02. The highest BCUT2D eigenvalue weighted by Crippen LogP contribution is 2.28. The monoisotopic (exact) mass is 543 g/mol. The standard InChI is InChI=1S/C26H33N5O4S2/c1-2-35-23(32)13-9-17-29-37(33,34)24-21(15-14-20-10-6-7-12-22(20)24)11-5-3-4-8-16-27-25-30-36-26-28-18-19-31(25)26/h6-7,10,12,14-15,18-19,29H,2-5,8-9,11,13,16-17H2,1H3,(H,27,30). The molecule has 198 valence electrons. The van der Waals surface area contributed by atoms with Gasteiger partial charge >= 0.3 is 5.97 Å². The summed E-state index contributed by atoms with van der Waals surface area (Å²) >= 11 is 1.37. The minimum Gasteiger partial charge on any atom is -0.466 e. The molecule has 0 radical (unpaired) electrons. The van der Waals surface area contributed by atoms with Crippen molar-refractivity contribution in [3.05, 3.63) is 54.4 Å². The van der Waals surface area contributed by atoms with Crippen molar-refractivity contribution in [2.24, 2.45) is 0 Å². The zero-order valence-electron chi connectivity index (χ0n) is 21.0. The summed E-state index contributed by atoms with van der Waals surface area (Å²) in [5.74, 6) is 0.502. The summed E-state index contributed by atoms with van der Waals surface area (Å²) in [5.41, 5.74) is 0.819. The molecule has 2 aromatic heterocycles. The van der Waals surface area contributed by atoms with Crippen LogP contribution in [-0.2, 0) is 26.0 Å². The molecular weight excluding hydrogens is 510 g/mol. The second-order valence-electron chi connectivity index (χ2n) is 8.76. The molecule has 0 aliphatic heterocycles. The highest BCUT2D eigenvalue weighted by molar-refractivity contribution is 7.89. The lowest BCUT2D eigenvalue weighted by atomic mass is 10.0. The zero-order valence-corrected chi connectivity index (χ0v) is 22.6. The van der Waals surface area contributed by atoms with E-state index in [1.807, 2.05) is 47.0 Å². The minimum absolute atomic E-state index is 0.182. The van der Waals surface area contributed by atoms with Crippen LogP contribution in [0.25, 0.3) is 15.7 Å². The number of nitrogens with zero attached hydrogens (tertiary/aromatic N) is 3. The molecule has 0 aliphatic carbocycles. The average molecular weight is 544 g/mol. The van der Waals surface area contributed by atoms with Gasteiger partial charge in [0.25, 0.3) is 0 Å². The maximum Gasteiger partial charge on any atom is 0.305 e. The first-order chi connectivity index (χ1) is 18.0. The molecule has 9 nitrogen and oxygen atoms in total. The number of imidazole rings is 1. The van der Waals surface area contributed by atoms with Crippen molar-refractivity contribution in [2.75, 3.05) is 25.0 Å². The van der Waals surface area contributed by atoms with Crippen molar-refractivity contribution in [1.82, 2.24) is 18.5 Å². The van der Waals surface area contributed by atoms with Crippen LogP contribution in [0.5, 0.6) is 0 Å². The van der Waals surface area contributed by atoms with Gasteiger partial charge in [-0.05, 0) is 43.6 Å². The van der Waals surface area contributed by atoms with Crippen molar-refractivity contribution in [1.29, 1.82) is 0 Å². The zero-order chi connectivity index (χ0) is 26.1. The lowest BCUT2D eigenvalue weighted by molar-refractivity contribution is -0.143. The van der Waals surface area contributed by atoms with Crippen LogP contribution >= 0.6 is 11.5 Å². The first kappa shape index (κ1) is 27.0. The third-order valence-electron chi connectivity index (χ3n) is 6.09. The molecule has 0 aliphatic rings. The number of hydrogen-bond acceptors (Lipinski definition) is 8. The Balaban J connectivity index is 1.31. The van der Waals surface area contributed by atoms with Gasteiger partial charge in [0.15, 0.2) is 0 Å². The predicted octanol–water partition coefficient (Wildman–Crippen LogP) is 4.78.